The number of piperidine rings is 3. The van der Waals surface area contributed by atoms with Crippen molar-refractivity contribution < 1.29 is 5.11 Å². The van der Waals surface area contributed by atoms with Crippen molar-refractivity contribution in [2.24, 2.45) is 5.92 Å². The smallest absolute Gasteiger partial charge is 0.128 e. The van der Waals surface area contributed by atoms with Crippen molar-refractivity contribution in [3.05, 3.63) is 42.0 Å². The fourth-order valence-electron chi connectivity index (χ4n) is 4.19. The maximum absolute atomic E-state index is 10.6. The Morgan fingerprint density at radius 2 is 1.91 bits per heavy atom. The zero-order valence-electron chi connectivity index (χ0n) is 13.1. The van der Waals surface area contributed by atoms with Gasteiger partial charge in [0.1, 0.15) is 5.75 Å². The van der Waals surface area contributed by atoms with E-state index < -0.39 is 0 Å². The van der Waals surface area contributed by atoms with Crippen LogP contribution in [-0.4, -0.2) is 35.7 Å². The highest BCUT2D eigenvalue weighted by Gasteiger charge is 2.34. The van der Waals surface area contributed by atoms with Crippen LogP contribution in [0.3, 0.4) is 0 Å². The molecule has 0 radical (unpaired) electrons. The van der Waals surface area contributed by atoms with Crippen molar-refractivity contribution in [3.8, 4) is 5.75 Å². The molecular weight excluding hydrogens is 272 g/mol. The number of hydrogen-bond acceptors (Lipinski definition) is 3. The molecule has 3 saturated heterocycles. The highest BCUT2D eigenvalue weighted by Crippen LogP contribution is 2.34. The van der Waals surface area contributed by atoms with E-state index in [0.717, 1.165) is 28.8 Å². The molecule has 22 heavy (non-hydrogen) atoms. The first-order valence-corrected chi connectivity index (χ1v) is 8.41. The van der Waals surface area contributed by atoms with Gasteiger partial charge in [-0.15, -0.1) is 0 Å². The number of benzene rings is 2. The Bertz CT molecular complexity index is 676. The van der Waals surface area contributed by atoms with Crippen LogP contribution in [0.1, 0.15) is 31.4 Å². The van der Waals surface area contributed by atoms with Gasteiger partial charge in [-0.1, -0.05) is 36.4 Å². The Hall–Kier alpha value is -1.58. The lowest BCUT2D eigenvalue weighted by Gasteiger charge is -2.46. The molecule has 0 amide bonds. The molecule has 2 atom stereocenters. The normalized spacial score (nSPS) is 28.9. The van der Waals surface area contributed by atoms with Crippen LogP contribution in [0.2, 0.25) is 0 Å². The molecule has 2 aromatic carbocycles. The van der Waals surface area contributed by atoms with E-state index in [1.165, 1.54) is 25.9 Å². The summed E-state index contributed by atoms with van der Waals surface area (Å²) in [5.74, 6) is 1.23. The Kier molecular flexibility index (Phi) is 3.55. The van der Waals surface area contributed by atoms with Gasteiger partial charge in [-0.3, -0.25) is 0 Å². The third-order valence-corrected chi connectivity index (χ3v) is 5.52. The van der Waals surface area contributed by atoms with Gasteiger partial charge in [0.2, 0.25) is 0 Å². The van der Waals surface area contributed by atoms with Crippen molar-refractivity contribution in [2.75, 3.05) is 19.6 Å². The van der Waals surface area contributed by atoms with E-state index in [9.17, 15) is 5.11 Å². The summed E-state index contributed by atoms with van der Waals surface area (Å²) in [5, 5.41) is 16.4. The number of phenols is 1. The molecular formula is C19H24N2O. The van der Waals surface area contributed by atoms with Crippen LogP contribution in [0.4, 0.5) is 0 Å². The van der Waals surface area contributed by atoms with E-state index in [0.29, 0.717) is 11.8 Å². The summed E-state index contributed by atoms with van der Waals surface area (Å²) in [4.78, 5) is 2.56. The van der Waals surface area contributed by atoms with Crippen LogP contribution in [-0.2, 0) is 0 Å². The second-order valence-electron chi connectivity index (χ2n) is 6.86. The van der Waals surface area contributed by atoms with E-state index in [1.54, 1.807) is 0 Å². The van der Waals surface area contributed by atoms with E-state index in [-0.39, 0.29) is 6.04 Å². The van der Waals surface area contributed by atoms with Crippen molar-refractivity contribution in [1.29, 1.82) is 0 Å². The first kappa shape index (κ1) is 14.0. The van der Waals surface area contributed by atoms with Gasteiger partial charge >= 0.3 is 0 Å². The molecule has 3 heteroatoms. The number of rotatable bonds is 3. The topological polar surface area (TPSA) is 35.5 Å². The van der Waals surface area contributed by atoms with E-state index >= 15 is 0 Å². The standard InChI is InChI=1S/C19H24N2O/c1-13(20-18-12-21-10-8-15(18)9-11-21)16-7-6-14-4-2-3-5-17(14)19(16)22/h2-7,13,15,18,20,22H,8-12H2,1H3. The summed E-state index contributed by atoms with van der Waals surface area (Å²) in [5.41, 5.74) is 1.01. The number of nitrogens with one attached hydrogen (secondary N) is 1. The Morgan fingerprint density at radius 1 is 1.14 bits per heavy atom. The minimum absolute atomic E-state index is 0.176. The van der Waals surface area contributed by atoms with Gasteiger partial charge in [0.15, 0.2) is 0 Å². The van der Waals surface area contributed by atoms with Gasteiger partial charge in [0.25, 0.3) is 0 Å². The van der Waals surface area contributed by atoms with Gasteiger partial charge in [-0.2, -0.15) is 0 Å². The molecule has 5 rings (SSSR count). The summed E-state index contributed by atoms with van der Waals surface area (Å²) in [6, 6.07) is 12.9. The van der Waals surface area contributed by atoms with Gasteiger partial charge in [0, 0.05) is 29.6 Å². The molecule has 0 aliphatic carbocycles. The first-order chi connectivity index (χ1) is 10.7. The number of nitrogens with zero attached hydrogens (tertiary/aromatic N) is 1. The van der Waals surface area contributed by atoms with Crippen LogP contribution < -0.4 is 5.32 Å². The predicted octanol–water partition coefficient (Wildman–Crippen LogP) is 3.29. The maximum Gasteiger partial charge on any atom is 0.128 e. The summed E-state index contributed by atoms with van der Waals surface area (Å²) < 4.78 is 0. The molecule has 2 aromatic rings. The van der Waals surface area contributed by atoms with Crippen LogP contribution in [0.15, 0.2) is 36.4 Å². The molecule has 2 bridgehead atoms. The van der Waals surface area contributed by atoms with E-state index in [1.807, 2.05) is 24.3 Å². The Labute approximate surface area is 131 Å². The molecule has 2 N–H and O–H groups in total. The molecule has 0 aromatic heterocycles. The van der Waals surface area contributed by atoms with Crippen LogP contribution >= 0.6 is 0 Å². The minimum Gasteiger partial charge on any atom is -0.507 e. The largest absolute Gasteiger partial charge is 0.507 e. The Morgan fingerprint density at radius 3 is 2.64 bits per heavy atom. The fourth-order valence-corrected chi connectivity index (χ4v) is 4.19. The summed E-state index contributed by atoms with van der Waals surface area (Å²) in [6.07, 6.45) is 2.63. The summed E-state index contributed by atoms with van der Waals surface area (Å²) in [6.45, 7) is 5.85. The number of aromatic hydroxyl groups is 1. The molecule has 3 aliphatic heterocycles. The maximum atomic E-state index is 10.6. The van der Waals surface area contributed by atoms with Gasteiger partial charge in [0.05, 0.1) is 0 Å². The second kappa shape index (κ2) is 5.56. The molecule has 2 unspecified atom stereocenters. The van der Waals surface area contributed by atoms with Gasteiger partial charge in [-0.25, -0.2) is 0 Å². The summed E-state index contributed by atoms with van der Waals surface area (Å²) in [7, 11) is 0. The Balaban J connectivity index is 1.57. The zero-order valence-corrected chi connectivity index (χ0v) is 13.1. The lowest BCUT2D eigenvalue weighted by molar-refractivity contribution is 0.0679. The van der Waals surface area contributed by atoms with Crippen molar-refractivity contribution in [2.45, 2.75) is 31.8 Å². The lowest BCUT2D eigenvalue weighted by atomic mass is 9.83. The quantitative estimate of drug-likeness (QED) is 0.912. The molecule has 116 valence electrons. The number of hydrogen-bond donors (Lipinski definition) is 2. The highest BCUT2D eigenvalue weighted by atomic mass is 16.3. The van der Waals surface area contributed by atoms with Crippen LogP contribution in [0.5, 0.6) is 5.75 Å². The average Bonchev–Trinajstić information content (AvgIpc) is 2.56. The van der Waals surface area contributed by atoms with Crippen molar-refractivity contribution >= 4 is 10.8 Å². The molecule has 3 aliphatic rings. The lowest BCUT2D eigenvalue weighted by Crippen LogP contribution is -2.56. The minimum atomic E-state index is 0.176. The second-order valence-corrected chi connectivity index (χ2v) is 6.86. The highest BCUT2D eigenvalue weighted by molar-refractivity contribution is 5.89. The zero-order chi connectivity index (χ0) is 15.1. The fraction of sp³-hybridized carbons (Fsp3) is 0.474. The van der Waals surface area contributed by atoms with Crippen LogP contribution in [0.25, 0.3) is 10.8 Å². The van der Waals surface area contributed by atoms with Crippen LogP contribution in [0, 0.1) is 5.92 Å². The molecule has 3 heterocycles. The van der Waals surface area contributed by atoms with Crippen molar-refractivity contribution in [1.82, 2.24) is 10.2 Å². The molecule has 3 nitrogen and oxygen atoms in total. The van der Waals surface area contributed by atoms with Gasteiger partial charge in [-0.05, 0) is 44.2 Å². The average molecular weight is 296 g/mol. The molecule has 3 fully saturated rings. The monoisotopic (exact) mass is 296 g/mol. The number of fused-ring (bicyclic) bond motifs is 4. The number of phenolic OH excluding ortho intramolecular Hbond substituents is 1. The van der Waals surface area contributed by atoms with E-state index in [4.69, 9.17) is 0 Å². The van der Waals surface area contributed by atoms with Gasteiger partial charge < -0.3 is 15.3 Å². The van der Waals surface area contributed by atoms with Crippen molar-refractivity contribution in [3.63, 3.8) is 0 Å². The molecule has 0 spiro atoms. The predicted molar refractivity (Wildman–Crippen MR) is 90.1 cm³/mol. The third kappa shape index (κ3) is 2.38. The molecule has 0 saturated carbocycles. The summed E-state index contributed by atoms with van der Waals surface area (Å²) >= 11 is 0. The first-order valence-electron chi connectivity index (χ1n) is 8.41. The van der Waals surface area contributed by atoms with E-state index in [2.05, 4.69) is 29.3 Å². The SMILES string of the molecule is CC(NC1CN2CCC1CC2)c1ccc2ccccc2c1O. The third-order valence-electron chi connectivity index (χ3n) is 5.52.